The highest BCUT2D eigenvalue weighted by Crippen LogP contribution is 2.25. The van der Waals surface area contributed by atoms with Gasteiger partial charge < -0.3 is 10.2 Å². The minimum Gasteiger partial charge on any atom is -0.341 e. The van der Waals surface area contributed by atoms with Gasteiger partial charge in [0, 0.05) is 24.7 Å². The van der Waals surface area contributed by atoms with E-state index < -0.39 is 0 Å². The third-order valence-corrected chi connectivity index (χ3v) is 6.32. The lowest BCUT2D eigenvalue weighted by molar-refractivity contribution is -0.138. The molecule has 0 bridgehead atoms. The monoisotopic (exact) mass is 371 g/mol. The zero-order valence-corrected chi connectivity index (χ0v) is 16.7. The number of para-hydroxylation sites is 1. The molecule has 0 radical (unpaired) electrons. The van der Waals surface area contributed by atoms with Crippen LogP contribution in [0.25, 0.3) is 0 Å². The Kier molecular flexibility index (Phi) is 6.89. The first-order valence-electron chi connectivity index (χ1n) is 10.4. The van der Waals surface area contributed by atoms with Gasteiger partial charge in [-0.15, -0.1) is 0 Å². The number of amides is 2. The summed E-state index contributed by atoms with van der Waals surface area (Å²) in [6, 6.07) is 9.92. The number of hydrogen-bond donors (Lipinski definition) is 1. The molecule has 1 saturated carbocycles. The van der Waals surface area contributed by atoms with Gasteiger partial charge in [-0.2, -0.15) is 0 Å². The molecule has 3 rings (SSSR count). The minimum atomic E-state index is -0.102. The van der Waals surface area contributed by atoms with Crippen LogP contribution in [0.2, 0.25) is 0 Å². The summed E-state index contributed by atoms with van der Waals surface area (Å²) in [6.07, 6.45) is 7.66. The van der Waals surface area contributed by atoms with Crippen LogP contribution in [0.3, 0.4) is 0 Å². The summed E-state index contributed by atoms with van der Waals surface area (Å²) < 4.78 is 0. The molecule has 5 heteroatoms. The molecule has 2 fully saturated rings. The van der Waals surface area contributed by atoms with Crippen LogP contribution in [0.1, 0.15) is 51.9 Å². The van der Waals surface area contributed by atoms with Crippen molar-refractivity contribution in [3.63, 3.8) is 0 Å². The summed E-state index contributed by atoms with van der Waals surface area (Å²) in [5.41, 5.74) is 0.850. The Hall–Kier alpha value is -1.88. The van der Waals surface area contributed by atoms with Crippen LogP contribution in [-0.4, -0.2) is 53.8 Å². The topological polar surface area (TPSA) is 52.7 Å². The highest BCUT2D eigenvalue weighted by atomic mass is 16.2. The first-order chi connectivity index (χ1) is 13.1. The number of piperidine rings is 1. The van der Waals surface area contributed by atoms with Crippen LogP contribution >= 0.6 is 0 Å². The van der Waals surface area contributed by atoms with Crippen molar-refractivity contribution in [2.45, 2.75) is 64.0 Å². The fourth-order valence-electron chi connectivity index (χ4n) is 4.41. The van der Waals surface area contributed by atoms with Crippen molar-refractivity contribution in [3.05, 3.63) is 30.3 Å². The van der Waals surface area contributed by atoms with E-state index in [4.69, 9.17) is 0 Å². The second kappa shape index (κ2) is 9.36. The number of benzene rings is 1. The largest absolute Gasteiger partial charge is 0.341 e. The molecule has 5 nitrogen and oxygen atoms in total. The Balaban J connectivity index is 1.47. The molecule has 148 valence electrons. The molecule has 1 aliphatic heterocycles. The maximum absolute atomic E-state index is 12.9. The van der Waals surface area contributed by atoms with Gasteiger partial charge in [0.25, 0.3) is 0 Å². The summed E-state index contributed by atoms with van der Waals surface area (Å²) in [7, 11) is 1.97. The van der Waals surface area contributed by atoms with Crippen LogP contribution in [0.5, 0.6) is 0 Å². The Morgan fingerprint density at radius 1 is 1.04 bits per heavy atom. The fourth-order valence-corrected chi connectivity index (χ4v) is 4.41. The zero-order valence-electron chi connectivity index (χ0n) is 16.7. The summed E-state index contributed by atoms with van der Waals surface area (Å²) in [5.74, 6) is 0.355. The SMILES string of the molecule is CC(C(=O)N(C)C1CCCCC1)N1CCC(C(=O)Nc2ccccc2)CC1. The lowest BCUT2D eigenvalue weighted by atomic mass is 9.93. The number of carbonyl (C=O) groups is 2. The van der Waals surface area contributed by atoms with Crippen molar-refractivity contribution in [3.8, 4) is 0 Å². The molecule has 1 N–H and O–H groups in total. The molecule has 1 aromatic carbocycles. The predicted molar refractivity (Wildman–Crippen MR) is 108 cm³/mol. The standard InChI is InChI=1S/C22H33N3O2/c1-17(22(27)24(2)20-11-7-4-8-12-20)25-15-13-18(14-16-25)21(26)23-19-9-5-3-6-10-19/h3,5-6,9-10,17-18,20H,4,7-8,11-16H2,1-2H3,(H,23,26). The average Bonchev–Trinajstić information content (AvgIpc) is 2.73. The molecular formula is C22H33N3O2. The smallest absolute Gasteiger partial charge is 0.239 e. The lowest BCUT2D eigenvalue weighted by Gasteiger charge is -2.39. The summed E-state index contributed by atoms with van der Waals surface area (Å²) in [5, 5.41) is 3.01. The van der Waals surface area contributed by atoms with Crippen molar-refractivity contribution in [1.82, 2.24) is 9.80 Å². The van der Waals surface area contributed by atoms with Gasteiger partial charge in [-0.3, -0.25) is 14.5 Å². The minimum absolute atomic E-state index is 0.0276. The van der Waals surface area contributed by atoms with Gasteiger partial charge in [0.2, 0.25) is 11.8 Å². The molecule has 0 spiro atoms. The van der Waals surface area contributed by atoms with Crippen LogP contribution in [0, 0.1) is 5.92 Å². The van der Waals surface area contributed by atoms with Crippen LogP contribution < -0.4 is 5.32 Å². The van der Waals surface area contributed by atoms with Crippen molar-refractivity contribution in [2.75, 3.05) is 25.5 Å². The molecule has 1 heterocycles. The molecule has 2 amide bonds. The number of likely N-dealkylation sites (N-methyl/N-ethyl adjacent to an activating group) is 1. The molecule has 1 unspecified atom stereocenters. The predicted octanol–water partition coefficient (Wildman–Crippen LogP) is 3.52. The van der Waals surface area contributed by atoms with E-state index >= 15 is 0 Å². The second-order valence-electron chi connectivity index (χ2n) is 8.08. The van der Waals surface area contributed by atoms with Crippen LogP contribution in [0.4, 0.5) is 5.69 Å². The van der Waals surface area contributed by atoms with E-state index in [9.17, 15) is 9.59 Å². The summed E-state index contributed by atoms with van der Waals surface area (Å²) >= 11 is 0. The fraction of sp³-hybridized carbons (Fsp3) is 0.636. The van der Waals surface area contributed by atoms with Gasteiger partial charge in [-0.05, 0) is 57.8 Å². The normalized spacial score (nSPS) is 20.8. The van der Waals surface area contributed by atoms with Crippen LogP contribution in [0.15, 0.2) is 30.3 Å². The molecule has 1 atom stereocenters. The van der Waals surface area contributed by atoms with E-state index in [1.807, 2.05) is 49.2 Å². The molecule has 27 heavy (non-hydrogen) atoms. The number of hydrogen-bond acceptors (Lipinski definition) is 3. The number of anilines is 1. The number of rotatable bonds is 5. The number of nitrogens with one attached hydrogen (secondary N) is 1. The third kappa shape index (κ3) is 5.10. The highest BCUT2D eigenvalue weighted by molar-refractivity contribution is 5.92. The molecule has 1 aromatic rings. The maximum atomic E-state index is 12.9. The Morgan fingerprint density at radius 2 is 1.67 bits per heavy atom. The molecule has 1 aliphatic carbocycles. The summed E-state index contributed by atoms with van der Waals surface area (Å²) in [4.78, 5) is 29.6. The van der Waals surface area contributed by atoms with E-state index in [0.29, 0.717) is 6.04 Å². The number of likely N-dealkylation sites (tertiary alicyclic amines) is 1. The van der Waals surface area contributed by atoms with E-state index in [1.165, 1.54) is 19.3 Å². The first-order valence-corrected chi connectivity index (χ1v) is 10.4. The average molecular weight is 372 g/mol. The molecular weight excluding hydrogens is 338 g/mol. The van der Waals surface area contributed by atoms with E-state index in [0.717, 1.165) is 44.5 Å². The van der Waals surface area contributed by atoms with Crippen molar-refractivity contribution < 1.29 is 9.59 Å². The first kappa shape index (κ1) is 19.9. The van der Waals surface area contributed by atoms with Gasteiger partial charge >= 0.3 is 0 Å². The van der Waals surface area contributed by atoms with Gasteiger partial charge in [-0.1, -0.05) is 37.5 Å². The van der Waals surface area contributed by atoms with E-state index in [2.05, 4.69) is 10.2 Å². The van der Waals surface area contributed by atoms with Crippen molar-refractivity contribution >= 4 is 17.5 Å². The third-order valence-electron chi connectivity index (χ3n) is 6.32. The Labute approximate surface area is 163 Å². The van der Waals surface area contributed by atoms with Crippen LogP contribution in [-0.2, 0) is 9.59 Å². The Morgan fingerprint density at radius 3 is 2.30 bits per heavy atom. The van der Waals surface area contributed by atoms with Gasteiger partial charge in [-0.25, -0.2) is 0 Å². The van der Waals surface area contributed by atoms with Crippen molar-refractivity contribution in [2.24, 2.45) is 5.92 Å². The maximum Gasteiger partial charge on any atom is 0.239 e. The molecule has 1 saturated heterocycles. The quantitative estimate of drug-likeness (QED) is 0.862. The Bertz CT molecular complexity index is 620. The van der Waals surface area contributed by atoms with E-state index in [1.54, 1.807) is 0 Å². The number of carbonyl (C=O) groups excluding carboxylic acids is 2. The lowest BCUT2D eigenvalue weighted by Crippen LogP contribution is -2.52. The summed E-state index contributed by atoms with van der Waals surface area (Å²) in [6.45, 7) is 3.63. The molecule has 2 aliphatic rings. The van der Waals surface area contributed by atoms with Crippen molar-refractivity contribution in [1.29, 1.82) is 0 Å². The molecule has 0 aromatic heterocycles. The zero-order chi connectivity index (χ0) is 19.2. The van der Waals surface area contributed by atoms with Gasteiger partial charge in [0.1, 0.15) is 0 Å². The second-order valence-corrected chi connectivity index (χ2v) is 8.08. The van der Waals surface area contributed by atoms with E-state index in [-0.39, 0.29) is 23.8 Å². The van der Waals surface area contributed by atoms with Gasteiger partial charge in [0.05, 0.1) is 6.04 Å². The highest BCUT2D eigenvalue weighted by Gasteiger charge is 2.32. The van der Waals surface area contributed by atoms with Gasteiger partial charge in [0.15, 0.2) is 0 Å². The number of nitrogens with zero attached hydrogens (tertiary/aromatic N) is 2.